The van der Waals surface area contributed by atoms with Crippen molar-refractivity contribution in [3.05, 3.63) is 65.2 Å². The summed E-state index contributed by atoms with van der Waals surface area (Å²) in [5.74, 6) is -0.462. The summed E-state index contributed by atoms with van der Waals surface area (Å²) >= 11 is 0. The molecule has 1 aromatic heterocycles. The summed E-state index contributed by atoms with van der Waals surface area (Å²) in [5, 5.41) is 0. The lowest BCUT2D eigenvalue weighted by atomic mass is 10.1. The van der Waals surface area contributed by atoms with Crippen LogP contribution in [0.1, 0.15) is 17.0 Å². The highest BCUT2D eigenvalue weighted by atomic mass is 19.4. The van der Waals surface area contributed by atoms with Crippen LogP contribution in [0.5, 0.6) is 0 Å². The number of hydrogen-bond acceptors (Lipinski definition) is 2. The third-order valence-electron chi connectivity index (χ3n) is 4.17. The number of benzene rings is 2. The zero-order chi connectivity index (χ0) is 17.8. The molecule has 2 heterocycles. The van der Waals surface area contributed by atoms with E-state index in [2.05, 4.69) is 4.98 Å². The van der Waals surface area contributed by atoms with Crippen molar-refractivity contribution in [3.63, 3.8) is 0 Å². The number of halogens is 4. The second-order valence-electron chi connectivity index (χ2n) is 5.79. The van der Waals surface area contributed by atoms with Crippen molar-refractivity contribution >= 4 is 17.1 Å². The molecule has 0 atom stereocenters. The monoisotopic (exact) mass is 349 g/mol. The number of para-hydroxylation sites is 2. The molecule has 0 spiro atoms. The highest BCUT2D eigenvalue weighted by Gasteiger charge is 2.33. The van der Waals surface area contributed by atoms with Crippen LogP contribution in [-0.2, 0) is 19.3 Å². The molecule has 3 aromatic rings. The minimum Gasteiger partial charge on any atom is -0.312 e. The molecule has 1 aliphatic heterocycles. The van der Waals surface area contributed by atoms with Gasteiger partial charge in [-0.1, -0.05) is 18.2 Å². The van der Waals surface area contributed by atoms with Gasteiger partial charge >= 0.3 is 12.2 Å². The lowest BCUT2D eigenvalue weighted by Crippen LogP contribution is -2.26. The number of rotatable bonds is 2. The van der Waals surface area contributed by atoms with Crippen LogP contribution >= 0.6 is 0 Å². The van der Waals surface area contributed by atoms with Gasteiger partial charge in [-0.2, -0.15) is 13.2 Å². The molecule has 0 N–H and O–H groups in total. The van der Waals surface area contributed by atoms with Crippen molar-refractivity contribution in [3.8, 4) is 0 Å². The van der Waals surface area contributed by atoms with E-state index in [4.69, 9.17) is 0 Å². The first-order valence-electron chi connectivity index (χ1n) is 7.46. The molecule has 4 nitrogen and oxygen atoms in total. The molecule has 0 bridgehead atoms. The quantitative estimate of drug-likeness (QED) is 0.651. The fourth-order valence-electron chi connectivity index (χ4n) is 2.96. The first kappa shape index (κ1) is 15.6. The Balaban J connectivity index is 1.61. The minimum absolute atomic E-state index is 0.0245. The summed E-state index contributed by atoms with van der Waals surface area (Å²) in [5.41, 5.74) is 0.306. The third-order valence-corrected chi connectivity index (χ3v) is 4.17. The van der Waals surface area contributed by atoms with Crippen LogP contribution in [-0.4, -0.2) is 20.5 Å². The van der Waals surface area contributed by atoms with Gasteiger partial charge < -0.3 is 4.90 Å². The second kappa shape index (κ2) is 5.30. The van der Waals surface area contributed by atoms with Crippen LogP contribution < -0.4 is 0 Å². The van der Waals surface area contributed by atoms with Crippen LogP contribution in [0.2, 0.25) is 0 Å². The molecule has 0 fully saturated rings. The molecule has 0 unspecified atom stereocenters. The van der Waals surface area contributed by atoms with Gasteiger partial charge in [0.1, 0.15) is 11.6 Å². The van der Waals surface area contributed by atoms with Crippen LogP contribution in [0.25, 0.3) is 11.0 Å². The maximum Gasteiger partial charge on any atom is 0.416 e. The van der Waals surface area contributed by atoms with Crippen molar-refractivity contribution in [1.82, 2.24) is 14.5 Å². The number of carbonyl (C=O) groups excluding carboxylic acids is 1. The smallest absolute Gasteiger partial charge is 0.312 e. The summed E-state index contributed by atoms with van der Waals surface area (Å²) in [4.78, 5) is 18.3. The van der Waals surface area contributed by atoms with Gasteiger partial charge in [0.05, 0.1) is 29.7 Å². The Morgan fingerprint density at radius 3 is 2.60 bits per heavy atom. The van der Waals surface area contributed by atoms with E-state index < -0.39 is 17.6 Å². The van der Waals surface area contributed by atoms with E-state index in [0.717, 1.165) is 12.1 Å². The number of aromatic nitrogens is 2. The highest BCUT2D eigenvalue weighted by Crippen LogP contribution is 2.31. The van der Waals surface area contributed by atoms with Crippen LogP contribution in [0, 0.1) is 5.82 Å². The van der Waals surface area contributed by atoms with E-state index in [9.17, 15) is 22.4 Å². The Morgan fingerprint density at radius 1 is 1.12 bits per heavy atom. The van der Waals surface area contributed by atoms with Gasteiger partial charge in [0.15, 0.2) is 0 Å². The molecule has 2 aromatic carbocycles. The lowest BCUT2D eigenvalue weighted by Gasteiger charge is -2.16. The summed E-state index contributed by atoms with van der Waals surface area (Å²) < 4.78 is 53.3. The van der Waals surface area contributed by atoms with Crippen molar-refractivity contribution in [2.24, 2.45) is 0 Å². The molecule has 128 valence electrons. The summed E-state index contributed by atoms with van der Waals surface area (Å²) in [6.07, 6.45) is -4.61. The number of alkyl halides is 3. The van der Waals surface area contributed by atoms with Crippen LogP contribution in [0.3, 0.4) is 0 Å². The number of nitrogens with zero attached hydrogens (tertiary/aromatic N) is 3. The lowest BCUT2D eigenvalue weighted by molar-refractivity contribution is -0.137. The van der Waals surface area contributed by atoms with Gasteiger partial charge in [0.25, 0.3) is 0 Å². The topological polar surface area (TPSA) is 38.1 Å². The Labute approximate surface area is 139 Å². The van der Waals surface area contributed by atoms with Gasteiger partial charge in [-0.15, -0.1) is 0 Å². The molecular weight excluding hydrogens is 338 g/mol. The van der Waals surface area contributed by atoms with Gasteiger partial charge in [0.2, 0.25) is 0 Å². The van der Waals surface area contributed by atoms with E-state index in [1.807, 2.05) is 6.07 Å². The van der Waals surface area contributed by atoms with Crippen molar-refractivity contribution in [1.29, 1.82) is 0 Å². The molecule has 0 radical (unpaired) electrons. The number of carbonyl (C=O) groups is 1. The fourth-order valence-corrected chi connectivity index (χ4v) is 2.96. The molecule has 25 heavy (non-hydrogen) atoms. The molecule has 0 aliphatic carbocycles. The largest absolute Gasteiger partial charge is 0.416 e. The zero-order valence-electron chi connectivity index (χ0n) is 12.7. The van der Waals surface area contributed by atoms with Gasteiger partial charge in [0, 0.05) is 5.56 Å². The standard InChI is InChI=1S/C17H11F4N3O/c18-12-7-11(17(19,20)21)6-5-10(12)8-23-9-15-22-13-3-1-2-4-14(13)24(15)16(23)25/h1-7H,8-9H2. The zero-order valence-corrected chi connectivity index (χ0v) is 12.7. The predicted molar refractivity (Wildman–Crippen MR) is 81.2 cm³/mol. The van der Waals surface area contributed by atoms with Crippen LogP contribution in [0.15, 0.2) is 42.5 Å². The van der Waals surface area contributed by atoms with Crippen LogP contribution in [0.4, 0.5) is 22.4 Å². The third kappa shape index (κ3) is 2.54. The summed E-state index contributed by atoms with van der Waals surface area (Å²) in [7, 11) is 0. The molecule has 0 saturated heterocycles. The van der Waals surface area contributed by atoms with Crippen molar-refractivity contribution < 1.29 is 22.4 Å². The number of imidazole rings is 1. The normalized spacial score (nSPS) is 14.4. The number of fused-ring (bicyclic) bond motifs is 3. The van der Waals surface area contributed by atoms with Gasteiger partial charge in [-0.25, -0.2) is 18.7 Å². The average molecular weight is 349 g/mol. The highest BCUT2D eigenvalue weighted by molar-refractivity contribution is 5.91. The van der Waals surface area contributed by atoms with Gasteiger partial charge in [-0.3, -0.25) is 0 Å². The van der Waals surface area contributed by atoms with Crippen molar-refractivity contribution in [2.75, 3.05) is 0 Å². The van der Waals surface area contributed by atoms with E-state index in [-0.39, 0.29) is 24.7 Å². The number of amides is 1. The molecule has 1 amide bonds. The Hall–Kier alpha value is -2.90. The molecule has 8 heteroatoms. The first-order chi connectivity index (χ1) is 11.8. The second-order valence-corrected chi connectivity index (χ2v) is 5.79. The first-order valence-corrected chi connectivity index (χ1v) is 7.46. The molecular formula is C17H11F4N3O. The maximum atomic E-state index is 14.0. The molecule has 1 aliphatic rings. The Morgan fingerprint density at radius 2 is 1.88 bits per heavy atom. The predicted octanol–water partition coefficient (Wildman–Crippen LogP) is 4.18. The van der Waals surface area contributed by atoms with E-state index in [1.54, 1.807) is 18.2 Å². The average Bonchev–Trinajstić information content (AvgIpc) is 3.05. The Kier molecular flexibility index (Phi) is 3.31. The van der Waals surface area contributed by atoms with E-state index in [0.29, 0.717) is 22.9 Å². The van der Waals surface area contributed by atoms with Gasteiger partial charge in [-0.05, 0) is 24.3 Å². The Bertz CT molecular complexity index is 993. The maximum absolute atomic E-state index is 14.0. The number of hydrogen-bond donors (Lipinski definition) is 0. The SMILES string of the molecule is O=C1N(Cc2ccc(C(F)(F)F)cc2F)Cc2nc3ccccc3n21. The van der Waals surface area contributed by atoms with E-state index in [1.165, 1.54) is 9.47 Å². The molecule has 0 saturated carbocycles. The summed E-state index contributed by atoms with van der Waals surface area (Å²) in [6.45, 7) is 0.0501. The molecule has 4 rings (SSSR count). The summed E-state index contributed by atoms with van der Waals surface area (Å²) in [6, 6.07) is 9.08. The van der Waals surface area contributed by atoms with Crippen molar-refractivity contribution in [2.45, 2.75) is 19.3 Å². The minimum atomic E-state index is -4.61. The van der Waals surface area contributed by atoms with E-state index >= 15 is 0 Å². The fraction of sp³-hybridized carbons (Fsp3) is 0.176.